The van der Waals surface area contributed by atoms with Crippen molar-refractivity contribution in [3.8, 4) is 22.5 Å². The number of rotatable bonds is 4. The molecule has 1 saturated heterocycles. The molecular weight excluding hydrogens is 651 g/mol. The van der Waals surface area contributed by atoms with Gasteiger partial charge in [0.1, 0.15) is 11.3 Å². The molecule has 0 saturated carbocycles. The molecule has 258 valence electrons. The van der Waals surface area contributed by atoms with E-state index in [1.165, 1.54) is 22.5 Å². The molecule has 51 heavy (non-hydrogen) atoms. The van der Waals surface area contributed by atoms with E-state index in [1.807, 2.05) is 18.2 Å². The molecule has 0 radical (unpaired) electrons. The van der Waals surface area contributed by atoms with Crippen LogP contribution in [0, 0.1) is 11.3 Å². The molecule has 4 aliphatic heterocycles. The van der Waals surface area contributed by atoms with Crippen molar-refractivity contribution in [1.82, 2.24) is 8.88 Å². The Hall–Kier alpha value is -4.72. The molecular formula is C44H44N3O3S+. The largest absolute Gasteiger partial charge is 0.456 e. The maximum absolute atomic E-state index is 14.6. The second-order valence-electron chi connectivity index (χ2n) is 15.4. The second kappa shape index (κ2) is 12.2. The molecule has 1 fully saturated rings. The lowest BCUT2D eigenvalue weighted by Gasteiger charge is -2.38. The Kier molecular flexibility index (Phi) is 7.71. The van der Waals surface area contributed by atoms with Gasteiger partial charge in [0.05, 0.1) is 11.0 Å². The van der Waals surface area contributed by atoms with Crippen molar-refractivity contribution in [2.75, 3.05) is 31.1 Å². The third kappa shape index (κ3) is 5.49. The summed E-state index contributed by atoms with van der Waals surface area (Å²) in [4.78, 5) is 2.70. The summed E-state index contributed by atoms with van der Waals surface area (Å²) in [6.07, 6.45) is 3.72. The fourth-order valence-corrected chi connectivity index (χ4v) is 10.4. The molecule has 6 nitrogen and oxygen atoms in total. The number of sulfonamides is 1. The Balaban J connectivity index is 1.24. The van der Waals surface area contributed by atoms with E-state index in [9.17, 15) is 8.42 Å². The Morgan fingerprint density at radius 3 is 2.31 bits per heavy atom. The van der Waals surface area contributed by atoms with E-state index in [2.05, 4.69) is 115 Å². The summed E-state index contributed by atoms with van der Waals surface area (Å²) in [6, 6.07) is 37.5. The molecule has 0 unspecified atom stereocenters. The van der Waals surface area contributed by atoms with E-state index >= 15 is 0 Å². The zero-order valence-corrected chi connectivity index (χ0v) is 30.4. The summed E-state index contributed by atoms with van der Waals surface area (Å²) in [6.45, 7) is 9.64. The minimum Gasteiger partial charge on any atom is -0.456 e. The van der Waals surface area contributed by atoms with Gasteiger partial charge >= 0.3 is 0 Å². The number of anilines is 2. The molecule has 9 rings (SSSR count). The third-order valence-electron chi connectivity index (χ3n) is 11.5. The summed E-state index contributed by atoms with van der Waals surface area (Å²) in [5.74, 6) is 1.23. The molecule has 0 aromatic heterocycles. The highest BCUT2D eigenvalue weighted by molar-refractivity contribution is 7.89. The molecule has 0 spiro atoms. The highest BCUT2D eigenvalue weighted by atomic mass is 32.2. The van der Waals surface area contributed by atoms with Crippen molar-refractivity contribution >= 4 is 38.1 Å². The predicted molar refractivity (Wildman–Crippen MR) is 206 cm³/mol. The SMILES string of the molecule is CC(C)(C)C1CCN(S(=O)(=O)c2ccccc2-c2c3cc/c(=[N+]4/CCc5ccccc54)cc-3oc3cc(N4CCc5ccccc54)ccc23)CC1. The van der Waals surface area contributed by atoms with E-state index in [1.54, 1.807) is 10.4 Å². The Morgan fingerprint density at radius 1 is 0.745 bits per heavy atom. The molecule has 0 atom stereocenters. The quantitative estimate of drug-likeness (QED) is 0.137. The Bertz CT molecular complexity index is 2470. The van der Waals surface area contributed by atoms with Gasteiger partial charge in [0, 0.05) is 83.3 Å². The van der Waals surface area contributed by atoms with Gasteiger partial charge in [-0.15, -0.1) is 0 Å². The first-order valence-corrected chi connectivity index (χ1v) is 19.7. The van der Waals surface area contributed by atoms with Gasteiger partial charge in [-0.2, -0.15) is 8.88 Å². The van der Waals surface area contributed by atoms with Crippen LogP contribution in [0.5, 0.6) is 0 Å². The molecule has 4 heterocycles. The van der Waals surface area contributed by atoms with Crippen molar-refractivity contribution < 1.29 is 12.8 Å². The number of nitrogens with zero attached hydrogens (tertiary/aromatic N) is 3. The fourth-order valence-electron chi connectivity index (χ4n) is 8.71. The van der Waals surface area contributed by atoms with Crippen molar-refractivity contribution in [3.63, 3.8) is 0 Å². The average Bonchev–Trinajstić information content (AvgIpc) is 3.78. The van der Waals surface area contributed by atoms with Crippen molar-refractivity contribution in [2.24, 2.45) is 11.3 Å². The second-order valence-corrected chi connectivity index (χ2v) is 17.3. The van der Waals surface area contributed by atoms with Gasteiger partial charge in [-0.1, -0.05) is 75.4 Å². The van der Waals surface area contributed by atoms with Crippen LogP contribution in [0.2, 0.25) is 0 Å². The van der Waals surface area contributed by atoms with Crippen LogP contribution in [0.3, 0.4) is 0 Å². The molecule has 0 bridgehead atoms. The average molecular weight is 695 g/mol. The van der Waals surface area contributed by atoms with Crippen LogP contribution in [-0.4, -0.2) is 38.9 Å². The number of benzene rings is 5. The topological polar surface area (TPSA) is 56.8 Å². The van der Waals surface area contributed by atoms with Crippen LogP contribution in [0.1, 0.15) is 44.7 Å². The minimum atomic E-state index is -3.77. The molecule has 0 N–H and O–H groups in total. The summed E-state index contributed by atoms with van der Waals surface area (Å²) < 4.78 is 40.1. The van der Waals surface area contributed by atoms with E-state index in [-0.39, 0.29) is 5.41 Å². The van der Waals surface area contributed by atoms with Gasteiger partial charge in [-0.3, -0.25) is 0 Å². The normalized spacial score (nSPS) is 18.1. The first-order chi connectivity index (χ1) is 24.7. The highest BCUT2D eigenvalue weighted by Crippen LogP contribution is 2.45. The van der Waals surface area contributed by atoms with Gasteiger partial charge < -0.3 is 9.32 Å². The number of hydrogen-bond donors (Lipinski definition) is 0. The van der Waals surface area contributed by atoms with E-state index in [4.69, 9.17) is 4.42 Å². The van der Waals surface area contributed by atoms with Crippen LogP contribution in [-0.2, 0) is 22.9 Å². The number of hydrogen-bond acceptors (Lipinski definition) is 4. The Labute approximate surface area is 300 Å². The molecule has 4 aromatic rings. The van der Waals surface area contributed by atoms with Gasteiger partial charge in [0.2, 0.25) is 21.1 Å². The first-order valence-electron chi connectivity index (χ1n) is 18.3. The summed E-state index contributed by atoms with van der Waals surface area (Å²) in [7, 11) is -3.77. The van der Waals surface area contributed by atoms with Crippen LogP contribution in [0.4, 0.5) is 17.1 Å². The van der Waals surface area contributed by atoms with Gasteiger partial charge in [0.25, 0.3) is 0 Å². The van der Waals surface area contributed by atoms with Gasteiger partial charge in [0.15, 0.2) is 6.54 Å². The molecule has 5 aliphatic rings. The number of piperidine rings is 1. The first kappa shape index (κ1) is 32.2. The lowest BCUT2D eigenvalue weighted by atomic mass is 9.76. The minimum absolute atomic E-state index is 0.158. The summed E-state index contributed by atoms with van der Waals surface area (Å²) in [5.41, 5.74) is 9.57. The van der Waals surface area contributed by atoms with E-state index < -0.39 is 10.0 Å². The number of fused-ring (bicyclic) bond motifs is 4. The zero-order chi connectivity index (χ0) is 34.9. The maximum atomic E-state index is 14.6. The standard InChI is InChI=1S/C44H44N3O3S/c1-44(2,3)32-22-24-45(25-23-32)51(48,49)42-15-9-6-12-37(42)43-35-18-16-33(46-26-20-30-10-4-7-13-38(30)46)28-40(35)50-41-29-34(17-19-36(41)43)47-27-21-31-11-5-8-14-39(31)47/h4-19,28-29,32H,20-27H2,1-3H3/q+1. The summed E-state index contributed by atoms with van der Waals surface area (Å²) in [5, 5.41) is 1.96. The Morgan fingerprint density at radius 2 is 1.49 bits per heavy atom. The van der Waals surface area contributed by atoms with Crippen LogP contribution in [0.15, 0.2) is 119 Å². The van der Waals surface area contributed by atoms with E-state index in [0.717, 1.165) is 77.7 Å². The molecule has 7 heteroatoms. The third-order valence-corrected chi connectivity index (χ3v) is 13.5. The van der Waals surface area contributed by atoms with Gasteiger partial charge in [-0.25, -0.2) is 8.42 Å². The zero-order valence-electron chi connectivity index (χ0n) is 29.6. The highest BCUT2D eigenvalue weighted by Gasteiger charge is 2.36. The van der Waals surface area contributed by atoms with Crippen molar-refractivity contribution in [2.45, 2.75) is 51.3 Å². The van der Waals surface area contributed by atoms with Gasteiger partial charge in [-0.05, 0) is 66.5 Å². The number of para-hydroxylation sites is 2. The maximum Gasteiger partial charge on any atom is 0.243 e. The smallest absolute Gasteiger partial charge is 0.243 e. The van der Waals surface area contributed by atoms with Crippen molar-refractivity contribution in [3.05, 3.63) is 126 Å². The molecule has 0 amide bonds. The summed E-state index contributed by atoms with van der Waals surface area (Å²) >= 11 is 0. The van der Waals surface area contributed by atoms with Crippen LogP contribution < -0.4 is 14.8 Å². The van der Waals surface area contributed by atoms with Crippen LogP contribution in [0.25, 0.3) is 33.4 Å². The van der Waals surface area contributed by atoms with Crippen LogP contribution >= 0.6 is 0 Å². The predicted octanol–water partition coefficient (Wildman–Crippen LogP) is 9.01. The lowest BCUT2D eigenvalue weighted by molar-refractivity contribution is 0.154. The molecule has 4 aromatic carbocycles. The lowest BCUT2D eigenvalue weighted by Crippen LogP contribution is -2.41. The fraction of sp³-hybridized carbons (Fsp3) is 0.295. The van der Waals surface area contributed by atoms with E-state index in [0.29, 0.717) is 29.5 Å². The molecule has 1 aliphatic carbocycles. The van der Waals surface area contributed by atoms with Crippen molar-refractivity contribution in [1.29, 1.82) is 0 Å². The monoisotopic (exact) mass is 694 g/mol.